The van der Waals surface area contributed by atoms with E-state index < -0.39 is 279 Å². The zero-order valence-electron chi connectivity index (χ0n) is 54.5. The van der Waals surface area contributed by atoms with Gasteiger partial charge in [-0.25, -0.2) is 0 Å². The average molecular weight is 1390 g/mol. The standard InChI is InChI=1S/C63H100O33/c1-22-45(91-50-40(77)34(71)26(67)19-85-50)47(93-51-41(78)35(72)27(68)20-86-51)44(81)53(88-22)94-48-36(73)28(69)21-87-55(48)96-57(84)63-13-12-58(2,3)14-24(63)23-8-9-31-59(4)15-25(66)49(62(7,56(82)83)32(59)10-11-60(31,5)61(23,6)16-33(63)70)95-54-43(80)46(38(75)30(18-65)90-54)92-52-42(79)39(76)37(74)29(17-64)89-52/h8,22,24-55,64-81H,9-21H2,1-7H3,(H,82,83). The molecule has 0 bridgehead atoms. The molecule has 0 aromatic heterocycles. The first-order valence-electron chi connectivity index (χ1n) is 33.3. The number of carbonyl (C=O) groups is 2. The van der Waals surface area contributed by atoms with Gasteiger partial charge in [0.2, 0.25) is 6.29 Å². The van der Waals surface area contributed by atoms with Gasteiger partial charge in [0.1, 0.15) is 127 Å². The van der Waals surface area contributed by atoms with E-state index in [0.717, 1.165) is 5.57 Å². The van der Waals surface area contributed by atoms with Gasteiger partial charge in [0.05, 0.1) is 56.8 Å². The van der Waals surface area contributed by atoms with E-state index >= 15 is 4.79 Å². The van der Waals surface area contributed by atoms with Crippen molar-refractivity contribution in [3.63, 3.8) is 0 Å². The molecule has 0 radical (unpaired) electrons. The highest BCUT2D eigenvalue weighted by atomic mass is 16.8. The Bertz CT molecular complexity index is 2770. The van der Waals surface area contributed by atoms with Crippen LogP contribution in [-0.4, -0.2) is 326 Å². The second-order valence-corrected chi connectivity index (χ2v) is 30.6. The van der Waals surface area contributed by atoms with Crippen LogP contribution in [0, 0.1) is 50.2 Å². The molecule has 0 spiro atoms. The van der Waals surface area contributed by atoms with E-state index in [0.29, 0.717) is 25.7 Å². The van der Waals surface area contributed by atoms with Gasteiger partial charge in [0, 0.05) is 0 Å². The number of aliphatic carboxylic acids is 1. The second kappa shape index (κ2) is 27.6. The second-order valence-electron chi connectivity index (χ2n) is 30.6. The average Bonchev–Trinajstić information content (AvgIpc) is 0.669. The normalized spacial score (nSPS) is 55.1. The van der Waals surface area contributed by atoms with Gasteiger partial charge >= 0.3 is 11.9 Å². The van der Waals surface area contributed by atoms with Crippen LogP contribution in [0.15, 0.2) is 11.6 Å². The number of ether oxygens (including phenoxy) is 12. The zero-order valence-corrected chi connectivity index (χ0v) is 54.5. The summed E-state index contributed by atoms with van der Waals surface area (Å²) >= 11 is 0. The third kappa shape index (κ3) is 12.3. The summed E-state index contributed by atoms with van der Waals surface area (Å²) in [5.41, 5.74) is -5.91. The van der Waals surface area contributed by atoms with E-state index in [1.807, 2.05) is 27.7 Å². The van der Waals surface area contributed by atoms with Crippen molar-refractivity contribution < 1.29 is 163 Å². The van der Waals surface area contributed by atoms with Gasteiger partial charge in [-0.15, -0.1) is 0 Å². The summed E-state index contributed by atoms with van der Waals surface area (Å²) in [7, 11) is 0. The molecule has 33 nitrogen and oxygen atoms in total. The first kappa shape index (κ1) is 74.7. The first-order valence-corrected chi connectivity index (χ1v) is 33.3. The lowest BCUT2D eigenvalue weighted by Gasteiger charge is -2.71. The quantitative estimate of drug-likeness (QED) is 0.0412. The Morgan fingerprint density at radius 1 is 0.500 bits per heavy atom. The fraction of sp³-hybridized carbons (Fsp3) is 0.937. The molecule has 10 fully saturated rings. The first-order chi connectivity index (χ1) is 44.9. The number of esters is 1. The Morgan fingerprint density at radius 2 is 1.01 bits per heavy atom. The van der Waals surface area contributed by atoms with Crippen LogP contribution in [0.25, 0.3) is 0 Å². The largest absolute Gasteiger partial charge is 0.481 e. The van der Waals surface area contributed by atoms with Crippen LogP contribution in [0.4, 0.5) is 0 Å². The number of carbonyl (C=O) groups excluding carboxylic acids is 1. The molecule has 4 saturated carbocycles. The van der Waals surface area contributed by atoms with Crippen LogP contribution in [0.3, 0.4) is 0 Å². The van der Waals surface area contributed by atoms with E-state index in [1.54, 1.807) is 0 Å². The molecule has 11 aliphatic rings. The van der Waals surface area contributed by atoms with Crippen LogP contribution in [0.5, 0.6) is 0 Å². The SMILES string of the molecule is CC1OC(OC2C(OC(=O)C34CCC(C)(C)CC3C3=CCC5C6(C)CC(O)C(OC7OC(CO)C(O)C(OC8OC(CO)C(O)C(O)C8O)C7O)C(C)(C(=O)O)C6CCC5(C)C3(C)CC4O)OCC(O)C2O)C(O)C(OC2OCC(O)C(O)C2O)C1OC1OCC(O)C(O)C1O. The fourth-order valence-electron chi connectivity index (χ4n) is 18.7. The maximum absolute atomic E-state index is 15.7. The predicted octanol–water partition coefficient (Wildman–Crippen LogP) is -6.44. The molecule has 5 aliphatic carbocycles. The maximum Gasteiger partial charge on any atom is 0.317 e. The molecule has 11 rings (SSSR count). The van der Waals surface area contributed by atoms with E-state index in [2.05, 4.69) is 13.0 Å². The Morgan fingerprint density at radius 3 is 1.60 bits per heavy atom. The van der Waals surface area contributed by atoms with Gasteiger partial charge in [-0.3, -0.25) is 9.59 Å². The molecule has 33 heteroatoms. The van der Waals surface area contributed by atoms with E-state index in [1.165, 1.54) is 13.8 Å². The van der Waals surface area contributed by atoms with Crippen molar-refractivity contribution in [2.24, 2.45) is 50.2 Å². The molecule has 38 unspecified atom stereocenters. The number of hydrogen-bond acceptors (Lipinski definition) is 32. The minimum absolute atomic E-state index is 0.0144. The molecule has 96 heavy (non-hydrogen) atoms. The molecule has 0 amide bonds. The van der Waals surface area contributed by atoms with Gasteiger partial charge in [-0.05, 0) is 105 Å². The van der Waals surface area contributed by atoms with Crippen molar-refractivity contribution in [2.45, 2.75) is 284 Å². The van der Waals surface area contributed by atoms with E-state index in [9.17, 15) is 102 Å². The highest BCUT2D eigenvalue weighted by Crippen LogP contribution is 2.76. The van der Waals surface area contributed by atoms with E-state index in [-0.39, 0.29) is 25.7 Å². The fourth-order valence-corrected chi connectivity index (χ4v) is 18.7. The lowest BCUT2D eigenvalue weighted by molar-refractivity contribution is -0.388. The summed E-state index contributed by atoms with van der Waals surface area (Å²) in [5.74, 6) is -4.18. The van der Waals surface area contributed by atoms with Crippen LogP contribution >= 0.6 is 0 Å². The van der Waals surface area contributed by atoms with Crippen molar-refractivity contribution in [3.8, 4) is 0 Å². The number of rotatable bonds is 15. The van der Waals surface area contributed by atoms with Crippen LogP contribution < -0.4 is 0 Å². The smallest absolute Gasteiger partial charge is 0.317 e. The summed E-state index contributed by atoms with van der Waals surface area (Å²) in [6.45, 7) is 9.66. The van der Waals surface area contributed by atoms with Gasteiger partial charge in [-0.1, -0.05) is 46.3 Å². The summed E-state index contributed by atoms with van der Waals surface area (Å²) in [5, 5.41) is 210. The Balaban J connectivity index is 0.846. The molecule has 0 aromatic rings. The molecular weight excluding hydrogens is 1280 g/mol. The molecule has 38 atom stereocenters. The number of carboxylic acids is 1. The molecular formula is C63H100O33. The molecule has 6 heterocycles. The Hall–Kier alpha value is -2.48. The monoisotopic (exact) mass is 1380 g/mol. The van der Waals surface area contributed by atoms with E-state index in [4.69, 9.17) is 56.8 Å². The van der Waals surface area contributed by atoms with Crippen molar-refractivity contribution in [1.29, 1.82) is 0 Å². The molecule has 19 N–H and O–H groups in total. The van der Waals surface area contributed by atoms with Crippen LogP contribution in [0.1, 0.15) is 99.8 Å². The molecule has 6 aliphatic heterocycles. The highest BCUT2D eigenvalue weighted by molar-refractivity contribution is 5.80. The van der Waals surface area contributed by atoms with Crippen molar-refractivity contribution >= 4 is 11.9 Å². The third-order valence-corrected chi connectivity index (χ3v) is 24.5. The number of allylic oxidation sites excluding steroid dienone is 2. The molecule has 6 saturated heterocycles. The van der Waals surface area contributed by atoms with Gasteiger partial charge in [-0.2, -0.15) is 0 Å². The van der Waals surface area contributed by atoms with Gasteiger partial charge < -0.3 is 154 Å². The summed E-state index contributed by atoms with van der Waals surface area (Å²) < 4.78 is 71.2. The van der Waals surface area contributed by atoms with Crippen molar-refractivity contribution in [3.05, 3.63) is 11.6 Å². The Kier molecular flexibility index (Phi) is 21.5. The summed E-state index contributed by atoms with van der Waals surface area (Å²) in [6, 6.07) is 0. The zero-order chi connectivity index (χ0) is 70.2. The summed E-state index contributed by atoms with van der Waals surface area (Å²) in [4.78, 5) is 29.8. The number of carboxylic acid groups (broad SMARTS) is 1. The van der Waals surface area contributed by atoms with Crippen LogP contribution in [0.2, 0.25) is 0 Å². The van der Waals surface area contributed by atoms with Crippen molar-refractivity contribution in [1.82, 2.24) is 0 Å². The minimum atomic E-state index is -2.05. The number of hydrogen-bond donors (Lipinski definition) is 19. The van der Waals surface area contributed by atoms with Gasteiger partial charge in [0.15, 0.2) is 37.6 Å². The van der Waals surface area contributed by atoms with Crippen molar-refractivity contribution in [2.75, 3.05) is 33.0 Å². The number of aliphatic hydroxyl groups excluding tert-OH is 18. The predicted molar refractivity (Wildman–Crippen MR) is 313 cm³/mol. The number of aliphatic hydroxyl groups is 18. The van der Waals surface area contributed by atoms with Gasteiger partial charge in [0.25, 0.3) is 0 Å². The summed E-state index contributed by atoms with van der Waals surface area (Å²) in [6.07, 6.45) is -48.6. The lowest BCUT2D eigenvalue weighted by Crippen LogP contribution is -2.71. The minimum Gasteiger partial charge on any atom is -0.481 e. The highest BCUT2D eigenvalue weighted by Gasteiger charge is 2.74. The molecule has 550 valence electrons. The topological polar surface area (TPSA) is 529 Å². The Labute approximate surface area is 552 Å². The third-order valence-electron chi connectivity index (χ3n) is 24.5. The maximum atomic E-state index is 15.7. The number of fused-ring (bicyclic) bond motifs is 7. The van der Waals surface area contributed by atoms with Crippen LogP contribution in [-0.2, 0) is 66.4 Å². The lowest BCUT2D eigenvalue weighted by atomic mass is 9.33. The molecule has 0 aromatic carbocycles.